The van der Waals surface area contributed by atoms with Crippen LogP contribution in [0.1, 0.15) is 20.8 Å². The first-order chi connectivity index (χ1) is 9.91. The minimum Gasteiger partial charge on any atom is -0.458 e. The predicted octanol–water partition coefficient (Wildman–Crippen LogP) is 1.80. The molecule has 2 rings (SSSR count). The van der Waals surface area contributed by atoms with Crippen LogP contribution >= 0.6 is 0 Å². The highest BCUT2D eigenvalue weighted by molar-refractivity contribution is 5.81. The van der Waals surface area contributed by atoms with Gasteiger partial charge in [0.05, 0.1) is 13.2 Å². The summed E-state index contributed by atoms with van der Waals surface area (Å²) in [5, 5.41) is 6.47. The van der Waals surface area contributed by atoms with Gasteiger partial charge in [-0.05, 0) is 32.9 Å². The van der Waals surface area contributed by atoms with E-state index in [1.807, 2.05) is 51.1 Å². The first-order valence-electron chi connectivity index (χ1n) is 7.28. The number of para-hydroxylation sites is 1. The van der Waals surface area contributed by atoms with Crippen LogP contribution < -0.4 is 10.6 Å². The number of anilines is 1. The van der Waals surface area contributed by atoms with Gasteiger partial charge >= 0.3 is 5.97 Å². The zero-order valence-corrected chi connectivity index (χ0v) is 12.9. The molecule has 1 aliphatic rings. The van der Waals surface area contributed by atoms with Crippen molar-refractivity contribution in [3.8, 4) is 0 Å². The van der Waals surface area contributed by atoms with Gasteiger partial charge in [-0.3, -0.25) is 0 Å². The highest BCUT2D eigenvalue weighted by Gasteiger charge is 2.44. The molecule has 116 valence electrons. The fraction of sp³-hybridized carbons (Fsp3) is 0.562. The molecule has 1 aliphatic heterocycles. The Balaban J connectivity index is 2.07. The number of esters is 1. The number of nitrogens with one attached hydrogen (secondary N) is 2. The molecule has 5 nitrogen and oxygen atoms in total. The van der Waals surface area contributed by atoms with Gasteiger partial charge in [-0.1, -0.05) is 18.2 Å². The molecular weight excluding hydrogens is 268 g/mol. The fourth-order valence-electron chi connectivity index (χ4n) is 2.15. The lowest BCUT2D eigenvalue weighted by molar-refractivity contribution is -0.185. The molecule has 1 fully saturated rings. The van der Waals surface area contributed by atoms with E-state index in [1.54, 1.807) is 0 Å². The van der Waals surface area contributed by atoms with Gasteiger partial charge in [0.25, 0.3) is 0 Å². The molecule has 0 radical (unpaired) electrons. The molecule has 0 bridgehead atoms. The van der Waals surface area contributed by atoms with E-state index in [2.05, 4.69) is 10.6 Å². The van der Waals surface area contributed by atoms with E-state index in [9.17, 15) is 4.79 Å². The molecule has 0 aromatic heterocycles. The molecule has 21 heavy (non-hydrogen) atoms. The molecule has 0 spiro atoms. The summed E-state index contributed by atoms with van der Waals surface area (Å²) < 4.78 is 11.3. The number of benzene rings is 1. The van der Waals surface area contributed by atoms with Crippen molar-refractivity contribution in [2.75, 3.05) is 31.6 Å². The topological polar surface area (TPSA) is 59.6 Å². The Kier molecular flexibility index (Phi) is 4.85. The monoisotopic (exact) mass is 292 g/mol. The Morgan fingerprint density at radius 2 is 2.10 bits per heavy atom. The zero-order chi connectivity index (χ0) is 15.3. The normalized spacial score (nSPS) is 22.6. The van der Waals surface area contributed by atoms with E-state index in [0.29, 0.717) is 19.7 Å². The SMILES string of the molecule is CC(C)(C)OC(=O)C1(CNc2ccccc2)CNCCO1. The second kappa shape index (κ2) is 6.45. The van der Waals surface area contributed by atoms with Crippen LogP contribution in [0, 0.1) is 0 Å². The number of hydrogen-bond donors (Lipinski definition) is 2. The number of carbonyl (C=O) groups excluding carboxylic acids is 1. The van der Waals surface area contributed by atoms with E-state index in [1.165, 1.54) is 0 Å². The lowest BCUT2D eigenvalue weighted by atomic mass is 10.0. The van der Waals surface area contributed by atoms with Gasteiger partial charge in [-0.15, -0.1) is 0 Å². The molecule has 0 saturated carbocycles. The minimum absolute atomic E-state index is 0.328. The maximum atomic E-state index is 12.5. The fourth-order valence-corrected chi connectivity index (χ4v) is 2.15. The van der Waals surface area contributed by atoms with E-state index in [4.69, 9.17) is 9.47 Å². The van der Waals surface area contributed by atoms with Crippen LogP contribution in [-0.2, 0) is 14.3 Å². The Morgan fingerprint density at radius 3 is 2.67 bits per heavy atom. The summed E-state index contributed by atoms with van der Waals surface area (Å²) >= 11 is 0. The maximum Gasteiger partial charge on any atom is 0.342 e. The van der Waals surface area contributed by atoms with Gasteiger partial charge in [0, 0.05) is 18.8 Å². The van der Waals surface area contributed by atoms with Crippen LogP contribution in [-0.4, -0.2) is 43.4 Å². The van der Waals surface area contributed by atoms with E-state index in [0.717, 1.165) is 12.2 Å². The van der Waals surface area contributed by atoms with Gasteiger partial charge in [0.1, 0.15) is 5.60 Å². The summed E-state index contributed by atoms with van der Waals surface area (Å²) in [5.74, 6) is -0.328. The van der Waals surface area contributed by atoms with Crippen molar-refractivity contribution in [3.05, 3.63) is 30.3 Å². The summed E-state index contributed by atoms with van der Waals surface area (Å²) in [5.41, 5.74) is -0.562. The van der Waals surface area contributed by atoms with Crippen molar-refractivity contribution in [3.63, 3.8) is 0 Å². The Labute approximate surface area is 126 Å². The molecule has 0 amide bonds. The van der Waals surface area contributed by atoms with Crippen molar-refractivity contribution in [1.82, 2.24) is 5.32 Å². The first kappa shape index (κ1) is 15.8. The molecular formula is C16H24N2O3. The largest absolute Gasteiger partial charge is 0.458 e. The molecule has 0 aliphatic carbocycles. The van der Waals surface area contributed by atoms with E-state index < -0.39 is 11.2 Å². The van der Waals surface area contributed by atoms with Crippen molar-refractivity contribution in [2.45, 2.75) is 32.0 Å². The number of hydrogen-bond acceptors (Lipinski definition) is 5. The van der Waals surface area contributed by atoms with Gasteiger partial charge < -0.3 is 20.1 Å². The van der Waals surface area contributed by atoms with Crippen molar-refractivity contribution in [1.29, 1.82) is 0 Å². The summed E-state index contributed by atoms with van der Waals surface area (Å²) in [6.07, 6.45) is 0. The number of morpholine rings is 1. The molecule has 1 atom stereocenters. The molecule has 1 aromatic rings. The van der Waals surface area contributed by atoms with E-state index >= 15 is 0 Å². The smallest absolute Gasteiger partial charge is 0.342 e. The minimum atomic E-state index is -0.985. The summed E-state index contributed by atoms with van der Waals surface area (Å²) in [7, 11) is 0. The predicted molar refractivity (Wildman–Crippen MR) is 82.3 cm³/mol. The molecule has 1 aromatic carbocycles. The van der Waals surface area contributed by atoms with Gasteiger partial charge in [-0.25, -0.2) is 4.79 Å². The average molecular weight is 292 g/mol. The highest BCUT2D eigenvalue weighted by atomic mass is 16.6. The van der Waals surface area contributed by atoms with Crippen molar-refractivity contribution < 1.29 is 14.3 Å². The van der Waals surface area contributed by atoms with Gasteiger partial charge in [-0.2, -0.15) is 0 Å². The Hall–Kier alpha value is -1.59. The van der Waals surface area contributed by atoms with Crippen LogP contribution in [0.15, 0.2) is 30.3 Å². The third kappa shape index (κ3) is 4.44. The van der Waals surface area contributed by atoms with Crippen molar-refractivity contribution in [2.24, 2.45) is 0 Å². The number of rotatable bonds is 4. The highest BCUT2D eigenvalue weighted by Crippen LogP contribution is 2.21. The summed E-state index contributed by atoms with van der Waals surface area (Å²) in [6.45, 7) is 7.64. The second-order valence-corrected chi connectivity index (χ2v) is 6.24. The Bertz CT molecular complexity index is 462. The lowest BCUT2D eigenvalue weighted by Gasteiger charge is -2.37. The van der Waals surface area contributed by atoms with Gasteiger partial charge in [0.15, 0.2) is 5.60 Å². The summed E-state index contributed by atoms with van der Waals surface area (Å²) in [4.78, 5) is 12.5. The van der Waals surface area contributed by atoms with Crippen LogP contribution in [0.25, 0.3) is 0 Å². The molecule has 1 heterocycles. The third-order valence-corrected chi connectivity index (χ3v) is 3.19. The van der Waals surface area contributed by atoms with Gasteiger partial charge in [0.2, 0.25) is 0 Å². The van der Waals surface area contributed by atoms with E-state index in [-0.39, 0.29) is 5.97 Å². The zero-order valence-electron chi connectivity index (χ0n) is 12.9. The molecule has 1 unspecified atom stereocenters. The Morgan fingerprint density at radius 1 is 1.38 bits per heavy atom. The first-order valence-corrected chi connectivity index (χ1v) is 7.28. The average Bonchev–Trinajstić information content (AvgIpc) is 2.45. The quantitative estimate of drug-likeness (QED) is 0.829. The molecule has 2 N–H and O–H groups in total. The molecule has 1 saturated heterocycles. The van der Waals surface area contributed by atoms with Crippen molar-refractivity contribution >= 4 is 11.7 Å². The number of carbonyl (C=O) groups is 1. The maximum absolute atomic E-state index is 12.5. The van der Waals surface area contributed by atoms with Crippen LogP contribution in [0.2, 0.25) is 0 Å². The van der Waals surface area contributed by atoms with Crippen LogP contribution in [0.3, 0.4) is 0 Å². The summed E-state index contributed by atoms with van der Waals surface area (Å²) in [6, 6.07) is 9.76. The standard InChI is InChI=1S/C16H24N2O3/c1-15(2,3)21-14(19)16(11-17-9-10-20-16)12-18-13-7-5-4-6-8-13/h4-8,17-18H,9-12H2,1-3H3. The molecule has 5 heteroatoms. The number of ether oxygens (including phenoxy) is 2. The third-order valence-electron chi connectivity index (χ3n) is 3.19. The lowest BCUT2D eigenvalue weighted by Crippen LogP contribution is -2.60. The van der Waals surface area contributed by atoms with Crippen LogP contribution in [0.5, 0.6) is 0 Å². The van der Waals surface area contributed by atoms with Crippen LogP contribution in [0.4, 0.5) is 5.69 Å². The second-order valence-electron chi connectivity index (χ2n) is 6.24.